The van der Waals surface area contributed by atoms with Gasteiger partial charge in [0.05, 0.1) is 0 Å². The second-order valence-electron chi connectivity index (χ2n) is 5.11. The SMILES string of the molecule is Cc1cccc2c1=c1ccccc1=2.N=C=O.N=C=O.N=C=O.N=C=O.c1ccccc1. The molecule has 0 bridgehead atoms. The van der Waals surface area contributed by atoms with Gasteiger partial charge < -0.3 is 0 Å². The van der Waals surface area contributed by atoms with E-state index in [0.29, 0.717) is 0 Å². The van der Waals surface area contributed by atoms with Crippen LogP contribution in [0.5, 0.6) is 0 Å². The molecule has 156 valence electrons. The molecule has 0 fully saturated rings. The maximum absolute atomic E-state index is 8.35. The fraction of sp³-hybridized carbons (Fsp3) is 0.0435. The zero-order valence-corrected chi connectivity index (χ0v) is 16.6. The average Bonchev–Trinajstić information content (AvgIpc) is 2.76. The molecule has 0 heterocycles. The lowest BCUT2D eigenvalue weighted by Gasteiger charge is -2.06. The molecule has 0 spiro atoms. The predicted molar refractivity (Wildman–Crippen MR) is 113 cm³/mol. The van der Waals surface area contributed by atoms with Gasteiger partial charge in [-0.15, -0.1) is 0 Å². The Morgan fingerprint density at radius 3 is 1.19 bits per heavy atom. The van der Waals surface area contributed by atoms with Gasteiger partial charge in [-0.05, 0) is 33.4 Å². The van der Waals surface area contributed by atoms with Crippen LogP contribution in [0.3, 0.4) is 0 Å². The van der Waals surface area contributed by atoms with Crippen molar-refractivity contribution in [3.63, 3.8) is 0 Å². The van der Waals surface area contributed by atoms with Gasteiger partial charge in [-0.1, -0.05) is 78.9 Å². The minimum Gasteiger partial charge on any atom is -0.222 e. The molecule has 3 aromatic carbocycles. The standard InChI is InChI=1S/C13H10.C6H6.4CHNO/c1-9-5-4-8-12-10-6-2-3-7-11(10)13(9)12;1-2-4-6-5-3-1;4*2-1-3/h2-8H,1H3;1-6H;4*2H. The number of rotatable bonds is 0. The Kier molecular flexibility index (Phi) is 18.3. The number of isocyanates is 4. The van der Waals surface area contributed by atoms with E-state index < -0.39 is 0 Å². The highest BCUT2D eigenvalue weighted by Gasteiger charge is 2.01. The summed E-state index contributed by atoms with van der Waals surface area (Å²) in [7, 11) is 0. The van der Waals surface area contributed by atoms with Crippen molar-refractivity contribution in [1.82, 2.24) is 0 Å². The topological polar surface area (TPSA) is 164 Å². The summed E-state index contributed by atoms with van der Waals surface area (Å²) in [4.78, 5) is 33.4. The third-order valence-corrected chi connectivity index (χ3v) is 3.43. The van der Waals surface area contributed by atoms with Gasteiger partial charge in [0, 0.05) is 0 Å². The van der Waals surface area contributed by atoms with Gasteiger partial charge in [0.25, 0.3) is 0 Å². The number of nitrogens with one attached hydrogen (secondary N) is 4. The van der Waals surface area contributed by atoms with Crippen LogP contribution in [0.4, 0.5) is 0 Å². The molecule has 0 radical (unpaired) electrons. The first-order valence-corrected chi connectivity index (χ1v) is 8.39. The van der Waals surface area contributed by atoms with Crippen molar-refractivity contribution >= 4 is 24.3 Å². The minimum absolute atomic E-state index is 0.750. The minimum atomic E-state index is 0.750. The summed E-state index contributed by atoms with van der Waals surface area (Å²) in [6, 6.07) is 27.1. The zero-order valence-electron chi connectivity index (χ0n) is 16.6. The van der Waals surface area contributed by atoms with E-state index in [2.05, 4.69) is 49.4 Å². The number of carbonyl (C=O) groups excluding carboxylic acids is 4. The van der Waals surface area contributed by atoms with Crippen molar-refractivity contribution in [3.8, 4) is 0 Å². The molecule has 0 unspecified atom stereocenters. The molecule has 4 rings (SSSR count). The van der Waals surface area contributed by atoms with E-state index in [-0.39, 0.29) is 0 Å². The molecule has 0 amide bonds. The highest BCUT2D eigenvalue weighted by atomic mass is 16.1. The molecule has 8 nitrogen and oxygen atoms in total. The smallest absolute Gasteiger partial charge is 0.222 e. The van der Waals surface area contributed by atoms with Gasteiger partial charge in [0.2, 0.25) is 24.3 Å². The summed E-state index contributed by atoms with van der Waals surface area (Å²) in [5.74, 6) is 0. The number of benzene rings is 3. The number of fused-ring (bicyclic) bond motifs is 2. The normalized spacial score (nSPS) is 7.39. The van der Waals surface area contributed by atoms with E-state index in [0.717, 1.165) is 24.3 Å². The van der Waals surface area contributed by atoms with Crippen LogP contribution < -0.4 is 0 Å². The van der Waals surface area contributed by atoms with Crippen LogP contribution in [-0.4, -0.2) is 24.3 Å². The summed E-state index contributed by atoms with van der Waals surface area (Å²) in [5.41, 5.74) is 1.39. The third kappa shape index (κ3) is 11.6. The summed E-state index contributed by atoms with van der Waals surface area (Å²) >= 11 is 0. The van der Waals surface area contributed by atoms with Gasteiger partial charge in [-0.3, -0.25) is 0 Å². The molecule has 0 saturated carbocycles. The highest BCUT2D eigenvalue weighted by molar-refractivity contribution is 5.33. The maximum Gasteiger partial charge on any atom is 0.231 e. The predicted octanol–water partition coefficient (Wildman–Crippen LogP) is 4.17. The van der Waals surface area contributed by atoms with Crippen LogP contribution in [0.15, 0.2) is 78.9 Å². The van der Waals surface area contributed by atoms with E-state index in [1.165, 1.54) is 26.4 Å². The Hall–Kier alpha value is -4.82. The highest BCUT2D eigenvalue weighted by Crippen LogP contribution is 2.15. The van der Waals surface area contributed by atoms with Crippen molar-refractivity contribution in [3.05, 3.63) is 105 Å². The van der Waals surface area contributed by atoms with E-state index in [4.69, 9.17) is 40.8 Å². The van der Waals surface area contributed by atoms with E-state index in [1.807, 2.05) is 36.4 Å². The van der Waals surface area contributed by atoms with Crippen LogP contribution in [0, 0.1) is 49.4 Å². The first-order chi connectivity index (χ1) is 15.0. The molecule has 0 atom stereocenters. The zero-order chi connectivity index (χ0) is 23.9. The van der Waals surface area contributed by atoms with Crippen molar-refractivity contribution < 1.29 is 19.2 Å². The van der Waals surface area contributed by atoms with Gasteiger partial charge in [0.1, 0.15) is 0 Å². The summed E-state index contributed by atoms with van der Waals surface area (Å²) < 4.78 is 0. The molecule has 8 heteroatoms. The summed E-state index contributed by atoms with van der Waals surface area (Å²) in [6.45, 7) is 2.18. The maximum atomic E-state index is 8.35. The van der Waals surface area contributed by atoms with E-state index >= 15 is 0 Å². The van der Waals surface area contributed by atoms with Crippen LogP contribution >= 0.6 is 0 Å². The van der Waals surface area contributed by atoms with Gasteiger partial charge >= 0.3 is 0 Å². The molecule has 1 aliphatic rings. The van der Waals surface area contributed by atoms with Crippen molar-refractivity contribution in [2.45, 2.75) is 6.92 Å². The first-order valence-electron chi connectivity index (χ1n) is 8.39. The second kappa shape index (κ2) is 19.9. The fourth-order valence-electron chi connectivity index (χ4n) is 2.51. The Bertz CT molecular complexity index is 1160. The lowest BCUT2D eigenvalue weighted by atomic mass is 9.98. The monoisotopic (exact) mass is 416 g/mol. The van der Waals surface area contributed by atoms with Crippen LogP contribution in [-0.2, 0) is 19.2 Å². The fourth-order valence-corrected chi connectivity index (χ4v) is 2.51. The average molecular weight is 416 g/mol. The lowest BCUT2D eigenvalue weighted by Crippen LogP contribution is -1.92. The summed E-state index contributed by atoms with van der Waals surface area (Å²) in [6.07, 6.45) is 3.00. The molecule has 4 N–H and O–H groups in total. The van der Waals surface area contributed by atoms with Crippen LogP contribution in [0.2, 0.25) is 0 Å². The molecule has 0 saturated heterocycles. The van der Waals surface area contributed by atoms with E-state index in [1.54, 1.807) is 0 Å². The van der Waals surface area contributed by atoms with E-state index in [9.17, 15) is 0 Å². The largest absolute Gasteiger partial charge is 0.231 e. The lowest BCUT2D eigenvalue weighted by molar-refractivity contribution is 0.562. The van der Waals surface area contributed by atoms with Crippen molar-refractivity contribution in [2.24, 2.45) is 0 Å². The number of hydrogen-bond donors (Lipinski definition) is 4. The van der Waals surface area contributed by atoms with Gasteiger partial charge in [-0.2, -0.15) is 0 Å². The Balaban J connectivity index is 0. The van der Waals surface area contributed by atoms with Gasteiger partial charge in [-0.25, -0.2) is 40.8 Å². The first kappa shape index (κ1) is 28.4. The quantitative estimate of drug-likeness (QED) is 0.250. The Labute approximate surface area is 177 Å². The van der Waals surface area contributed by atoms with Crippen molar-refractivity contribution in [1.29, 1.82) is 21.6 Å². The molecular weight excluding hydrogens is 396 g/mol. The molecule has 0 aliphatic heterocycles. The van der Waals surface area contributed by atoms with Crippen molar-refractivity contribution in [2.75, 3.05) is 0 Å². The third-order valence-electron chi connectivity index (χ3n) is 3.43. The van der Waals surface area contributed by atoms with Gasteiger partial charge in [0.15, 0.2) is 0 Å². The molecule has 0 aromatic heterocycles. The van der Waals surface area contributed by atoms with Crippen LogP contribution in [0.25, 0.3) is 0 Å². The molecular formula is C23H20N4O4. The molecule has 1 aliphatic carbocycles. The van der Waals surface area contributed by atoms with Crippen LogP contribution in [0.1, 0.15) is 5.56 Å². The number of hydrogen-bond acceptors (Lipinski definition) is 8. The molecule has 3 aromatic rings. The molecule has 31 heavy (non-hydrogen) atoms. The number of aryl methyl sites for hydroxylation is 1. The second-order valence-corrected chi connectivity index (χ2v) is 5.11. The summed E-state index contributed by atoms with van der Waals surface area (Å²) in [5, 5.41) is 27.3. The Morgan fingerprint density at radius 1 is 0.484 bits per heavy atom. The Morgan fingerprint density at radius 2 is 0.806 bits per heavy atom.